The molecule has 0 saturated heterocycles. The summed E-state index contributed by atoms with van der Waals surface area (Å²) in [6.45, 7) is 1.98. The first-order valence-corrected chi connectivity index (χ1v) is 6.91. The Morgan fingerprint density at radius 3 is 2.94 bits per heavy atom. The molecule has 0 aliphatic heterocycles. The lowest BCUT2D eigenvalue weighted by Gasteiger charge is -2.13. The van der Waals surface area contributed by atoms with Gasteiger partial charge in [0.05, 0.1) is 11.1 Å². The van der Waals surface area contributed by atoms with E-state index in [-0.39, 0.29) is 11.9 Å². The summed E-state index contributed by atoms with van der Waals surface area (Å²) in [6.07, 6.45) is 4.11. The average Bonchev–Trinajstić information content (AvgIpc) is 2.38. The number of hydrogen-bond acceptors (Lipinski definition) is 3. The Balaban J connectivity index is 2.28. The van der Waals surface area contributed by atoms with Crippen molar-refractivity contribution in [2.24, 2.45) is 0 Å². The number of aromatic nitrogens is 2. The molecule has 0 aliphatic rings. The lowest BCUT2D eigenvalue weighted by molar-refractivity contribution is 0.0941. The van der Waals surface area contributed by atoms with Crippen LogP contribution in [-0.4, -0.2) is 27.2 Å². The zero-order valence-electron chi connectivity index (χ0n) is 10.1. The SMILES string of the molecule is CC(CCBr)NC(=O)c1cccc2nccnc12. The van der Waals surface area contributed by atoms with Crippen LogP contribution in [0.3, 0.4) is 0 Å². The van der Waals surface area contributed by atoms with Gasteiger partial charge in [0, 0.05) is 23.8 Å². The van der Waals surface area contributed by atoms with E-state index in [1.807, 2.05) is 19.1 Å². The summed E-state index contributed by atoms with van der Waals surface area (Å²) in [6, 6.07) is 5.57. The van der Waals surface area contributed by atoms with E-state index in [1.165, 1.54) is 0 Å². The van der Waals surface area contributed by atoms with E-state index in [1.54, 1.807) is 18.5 Å². The minimum Gasteiger partial charge on any atom is -0.349 e. The van der Waals surface area contributed by atoms with Gasteiger partial charge in [-0.1, -0.05) is 22.0 Å². The number of hydrogen-bond donors (Lipinski definition) is 1. The number of fused-ring (bicyclic) bond motifs is 1. The molecule has 1 N–H and O–H groups in total. The second-order valence-electron chi connectivity index (χ2n) is 4.08. The summed E-state index contributed by atoms with van der Waals surface area (Å²) in [4.78, 5) is 20.6. The van der Waals surface area contributed by atoms with Crippen molar-refractivity contribution in [2.75, 3.05) is 5.33 Å². The Morgan fingerprint density at radius 1 is 1.39 bits per heavy atom. The first kappa shape index (κ1) is 13.0. The van der Waals surface area contributed by atoms with E-state index in [0.717, 1.165) is 17.3 Å². The largest absolute Gasteiger partial charge is 0.349 e. The molecule has 1 unspecified atom stereocenters. The second-order valence-corrected chi connectivity index (χ2v) is 4.87. The van der Waals surface area contributed by atoms with Gasteiger partial charge in [0.15, 0.2) is 0 Å². The third kappa shape index (κ3) is 2.85. The van der Waals surface area contributed by atoms with Crippen LogP contribution < -0.4 is 5.32 Å². The van der Waals surface area contributed by atoms with E-state index in [9.17, 15) is 4.79 Å². The van der Waals surface area contributed by atoms with Crippen molar-refractivity contribution in [1.29, 1.82) is 0 Å². The minimum atomic E-state index is -0.102. The van der Waals surface area contributed by atoms with Crippen molar-refractivity contribution >= 4 is 32.9 Å². The highest BCUT2D eigenvalue weighted by Gasteiger charge is 2.13. The van der Waals surface area contributed by atoms with Gasteiger partial charge in [-0.2, -0.15) is 0 Å². The molecule has 1 atom stereocenters. The molecule has 4 nitrogen and oxygen atoms in total. The summed E-state index contributed by atoms with van der Waals surface area (Å²) in [5.74, 6) is -0.102. The third-order valence-electron chi connectivity index (χ3n) is 2.66. The van der Waals surface area contributed by atoms with Crippen molar-refractivity contribution in [3.8, 4) is 0 Å². The normalized spacial score (nSPS) is 12.3. The first-order valence-electron chi connectivity index (χ1n) is 5.79. The van der Waals surface area contributed by atoms with Gasteiger partial charge in [-0.25, -0.2) is 0 Å². The van der Waals surface area contributed by atoms with Gasteiger partial charge >= 0.3 is 0 Å². The maximum Gasteiger partial charge on any atom is 0.253 e. The number of rotatable bonds is 4. The van der Waals surface area contributed by atoms with E-state index >= 15 is 0 Å². The number of nitrogens with zero attached hydrogens (tertiary/aromatic N) is 2. The van der Waals surface area contributed by atoms with Gasteiger partial charge in [0.25, 0.3) is 5.91 Å². The van der Waals surface area contributed by atoms with Crippen LogP contribution in [0.25, 0.3) is 11.0 Å². The van der Waals surface area contributed by atoms with Crippen LogP contribution in [0.5, 0.6) is 0 Å². The van der Waals surface area contributed by atoms with Crippen molar-refractivity contribution in [2.45, 2.75) is 19.4 Å². The minimum absolute atomic E-state index is 0.102. The maximum atomic E-state index is 12.1. The zero-order valence-corrected chi connectivity index (χ0v) is 11.6. The Morgan fingerprint density at radius 2 is 2.17 bits per heavy atom. The molecule has 1 aromatic carbocycles. The molecule has 0 saturated carbocycles. The molecule has 0 spiro atoms. The first-order chi connectivity index (χ1) is 8.72. The average molecular weight is 308 g/mol. The lowest BCUT2D eigenvalue weighted by Crippen LogP contribution is -2.33. The summed E-state index contributed by atoms with van der Waals surface area (Å²) >= 11 is 3.36. The standard InChI is InChI=1S/C13H14BrN3O/c1-9(5-6-14)17-13(18)10-3-2-4-11-12(10)16-8-7-15-11/h2-4,7-9H,5-6H2,1H3,(H,17,18). The number of halogens is 1. The number of benzene rings is 1. The molecule has 0 aliphatic carbocycles. The Labute approximate surface area is 114 Å². The molecule has 0 fully saturated rings. The maximum absolute atomic E-state index is 12.1. The van der Waals surface area contributed by atoms with Crippen LogP contribution >= 0.6 is 15.9 Å². The lowest BCUT2D eigenvalue weighted by atomic mass is 10.1. The predicted octanol–water partition coefficient (Wildman–Crippen LogP) is 2.53. The van der Waals surface area contributed by atoms with Crippen LogP contribution in [-0.2, 0) is 0 Å². The Hall–Kier alpha value is -1.49. The van der Waals surface area contributed by atoms with Gasteiger partial charge in [-0.15, -0.1) is 0 Å². The molecular weight excluding hydrogens is 294 g/mol. The molecule has 0 radical (unpaired) electrons. The van der Waals surface area contributed by atoms with Gasteiger partial charge in [0.1, 0.15) is 5.52 Å². The molecule has 1 amide bonds. The predicted molar refractivity (Wildman–Crippen MR) is 74.9 cm³/mol. The van der Waals surface area contributed by atoms with Crippen molar-refractivity contribution in [3.05, 3.63) is 36.2 Å². The topological polar surface area (TPSA) is 54.9 Å². The fourth-order valence-corrected chi connectivity index (χ4v) is 2.40. The Kier molecular flexibility index (Phi) is 4.25. The Bertz CT molecular complexity index is 553. The van der Waals surface area contributed by atoms with E-state index in [0.29, 0.717) is 11.1 Å². The summed E-state index contributed by atoms with van der Waals surface area (Å²) in [5, 5.41) is 3.82. The van der Waals surface area contributed by atoms with Crippen LogP contribution in [0.1, 0.15) is 23.7 Å². The molecule has 0 bridgehead atoms. The van der Waals surface area contributed by atoms with E-state index in [4.69, 9.17) is 0 Å². The van der Waals surface area contributed by atoms with Crippen LogP contribution in [0, 0.1) is 0 Å². The molecule has 2 aromatic rings. The second kappa shape index (κ2) is 5.91. The third-order valence-corrected chi connectivity index (χ3v) is 3.12. The molecule has 2 rings (SSSR count). The van der Waals surface area contributed by atoms with E-state index in [2.05, 4.69) is 31.2 Å². The number of amides is 1. The van der Waals surface area contributed by atoms with E-state index < -0.39 is 0 Å². The van der Waals surface area contributed by atoms with Crippen LogP contribution in [0.2, 0.25) is 0 Å². The highest BCUT2D eigenvalue weighted by Crippen LogP contribution is 2.13. The highest BCUT2D eigenvalue weighted by molar-refractivity contribution is 9.09. The van der Waals surface area contributed by atoms with Crippen molar-refractivity contribution in [1.82, 2.24) is 15.3 Å². The van der Waals surface area contributed by atoms with Gasteiger partial charge in [0.2, 0.25) is 0 Å². The molecule has 1 heterocycles. The number of carbonyl (C=O) groups is 1. The molecule has 94 valence electrons. The monoisotopic (exact) mass is 307 g/mol. The molecular formula is C13H14BrN3O. The number of alkyl halides is 1. The summed E-state index contributed by atoms with van der Waals surface area (Å²) in [5.41, 5.74) is 1.95. The van der Waals surface area contributed by atoms with Gasteiger partial charge in [-0.05, 0) is 25.5 Å². The number of para-hydroxylation sites is 1. The van der Waals surface area contributed by atoms with Crippen LogP contribution in [0.4, 0.5) is 0 Å². The van der Waals surface area contributed by atoms with Crippen molar-refractivity contribution < 1.29 is 4.79 Å². The van der Waals surface area contributed by atoms with Gasteiger partial charge < -0.3 is 5.32 Å². The quantitative estimate of drug-likeness (QED) is 0.883. The van der Waals surface area contributed by atoms with Crippen LogP contribution in [0.15, 0.2) is 30.6 Å². The fraction of sp³-hybridized carbons (Fsp3) is 0.308. The molecule has 1 aromatic heterocycles. The summed E-state index contributed by atoms with van der Waals surface area (Å²) in [7, 11) is 0. The summed E-state index contributed by atoms with van der Waals surface area (Å²) < 4.78 is 0. The van der Waals surface area contributed by atoms with Gasteiger partial charge in [-0.3, -0.25) is 14.8 Å². The van der Waals surface area contributed by atoms with Crippen molar-refractivity contribution in [3.63, 3.8) is 0 Å². The number of carbonyl (C=O) groups excluding carboxylic acids is 1. The molecule has 18 heavy (non-hydrogen) atoms. The smallest absolute Gasteiger partial charge is 0.253 e. The number of nitrogens with one attached hydrogen (secondary N) is 1. The zero-order chi connectivity index (χ0) is 13.0. The highest BCUT2D eigenvalue weighted by atomic mass is 79.9. The fourth-order valence-electron chi connectivity index (χ4n) is 1.71. The molecule has 5 heteroatoms.